The molecule has 0 aliphatic rings. The van der Waals surface area contributed by atoms with Crippen LogP contribution in [-0.2, 0) is 6.54 Å². The number of anilines is 1. The van der Waals surface area contributed by atoms with Crippen LogP contribution in [-0.4, -0.2) is 0 Å². The number of para-hydroxylation sites is 1. The molecule has 3 rings (SSSR count). The Kier molecular flexibility index (Phi) is 3.49. The van der Waals surface area contributed by atoms with Crippen LogP contribution in [0.4, 0.5) is 10.1 Å². The fraction of sp³-hybridized carbons (Fsp3) is 0.125. The molecule has 3 aromatic rings. The average molecular weight is 334 g/mol. The number of nitrogens with one attached hydrogen (secondary N) is 1. The van der Waals surface area contributed by atoms with Crippen LogP contribution < -0.4 is 5.32 Å². The fourth-order valence-electron chi connectivity index (χ4n) is 2.26. The minimum absolute atomic E-state index is 0.265. The van der Waals surface area contributed by atoms with Crippen LogP contribution in [0, 0.1) is 12.7 Å². The van der Waals surface area contributed by atoms with Crippen molar-refractivity contribution in [2.45, 2.75) is 13.5 Å². The van der Waals surface area contributed by atoms with Crippen molar-refractivity contribution in [1.29, 1.82) is 0 Å². The molecule has 0 bridgehead atoms. The van der Waals surface area contributed by atoms with E-state index in [-0.39, 0.29) is 5.82 Å². The molecule has 0 saturated carbocycles. The van der Waals surface area contributed by atoms with Gasteiger partial charge in [0.05, 0.1) is 5.69 Å². The Morgan fingerprint density at radius 2 is 2.00 bits per heavy atom. The number of fused-ring (bicyclic) bond motifs is 1. The van der Waals surface area contributed by atoms with Crippen molar-refractivity contribution >= 4 is 32.6 Å². The van der Waals surface area contributed by atoms with Crippen LogP contribution >= 0.6 is 15.9 Å². The van der Waals surface area contributed by atoms with Gasteiger partial charge < -0.3 is 9.73 Å². The molecule has 1 N–H and O–H groups in total. The lowest BCUT2D eigenvalue weighted by Crippen LogP contribution is -2.02. The van der Waals surface area contributed by atoms with E-state index in [1.54, 1.807) is 12.1 Å². The quantitative estimate of drug-likeness (QED) is 0.707. The van der Waals surface area contributed by atoms with E-state index >= 15 is 0 Å². The van der Waals surface area contributed by atoms with Gasteiger partial charge >= 0.3 is 0 Å². The van der Waals surface area contributed by atoms with Crippen molar-refractivity contribution in [1.82, 2.24) is 0 Å². The molecule has 1 aromatic heterocycles. The second-order valence-electron chi connectivity index (χ2n) is 4.61. The van der Waals surface area contributed by atoms with Crippen LogP contribution in [0.25, 0.3) is 11.0 Å². The first-order valence-electron chi connectivity index (χ1n) is 6.31. The first-order valence-corrected chi connectivity index (χ1v) is 7.10. The standard InChI is InChI=1S/C16H13BrFNO/c1-10-13(12-4-2-3-5-16(12)20-10)9-19-15-8-11(17)6-7-14(15)18/h2-8,19H,9H2,1H3. The first-order chi connectivity index (χ1) is 9.65. The number of hydrogen-bond donors (Lipinski definition) is 1. The molecule has 0 fully saturated rings. The average Bonchev–Trinajstić information content (AvgIpc) is 2.75. The Morgan fingerprint density at radius 3 is 2.85 bits per heavy atom. The highest BCUT2D eigenvalue weighted by Gasteiger charge is 2.11. The molecule has 0 spiro atoms. The van der Waals surface area contributed by atoms with Crippen molar-refractivity contribution in [3.05, 3.63) is 64.1 Å². The molecular formula is C16H13BrFNO. The molecule has 0 atom stereocenters. The third-order valence-corrected chi connectivity index (χ3v) is 3.78. The van der Waals surface area contributed by atoms with Gasteiger partial charge in [0.2, 0.25) is 0 Å². The van der Waals surface area contributed by atoms with Crippen LogP contribution in [0.3, 0.4) is 0 Å². The Balaban J connectivity index is 1.90. The maximum absolute atomic E-state index is 13.7. The summed E-state index contributed by atoms with van der Waals surface area (Å²) in [7, 11) is 0. The number of halogens is 2. The second-order valence-corrected chi connectivity index (χ2v) is 5.53. The van der Waals surface area contributed by atoms with E-state index in [1.165, 1.54) is 6.07 Å². The van der Waals surface area contributed by atoms with E-state index in [9.17, 15) is 4.39 Å². The first kappa shape index (κ1) is 13.2. The van der Waals surface area contributed by atoms with Gasteiger partial charge in [-0.1, -0.05) is 34.1 Å². The third-order valence-electron chi connectivity index (χ3n) is 3.28. The Labute approximate surface area is 124 Å². The summed E-state index contributed by atoms with van der Waals surface area (Å²) in [6, 6.07) is 12.7. The van der Waals surface area contributed by atoms with Gasteiger partial charge in [-0.3, -0.25) is 0 Å². The number of hydrogen-bond acceptors (Lipinski definition) is 2. The van der Waals surface area contributed by atoms with E-state index in [2.05, 4.69) is 21.2 Å². The van der Waals surface area contributed by atoms with Crippen molar-refractivity contribution in [2.24, 2.45) is 0 Å². The van der Waals surface area contributed by atoms with E-state index < -0.39 is 0 Å². The highest BCUT2D eigenvalue weighted by molar-refractivity contribution is 9.10. The molecule has 0 amide bonds. The molecule has 20 heavy (non-hydrogen) atoms. The van der Waals surface area contributed by atoms with Gasteiger partial charge in [-0.2, -0.15) is 0 Å². The van der Waals surface area contributed by atoms with Crippen LogP contribution in [0.1, 0.15) is 11.3 Å². The van der Waals surface area contributed by atoms with E-state index in [0.29, 0.717) is 12.2 Å². The summed E-state index contributed by atoms with van der Waals surface area (Å²) < 4.78 is 20.2. The Bertz CT molecular complexity index is 766. The minimum atomic E-state index is -0.265. The molecule has 102 valence electrons. The molecule has 2 nitrogen and oxygen atoms in total. The van der Waals surface area contributed by atoms with Crippen LogP contribution in [0.5, 0.6) is 0 Å². The summed E-state index contributed by atoms with van der Waals surface area (Å²) in [5.74, 6) is 0.591. The summed E-state index contributed by atoms with van der Waals surface area (Å²) >= 11 is 3.34. The Morgan fingerprint density at radius 1 is 1.20 bits per heavy atom. The van der Waals surface area contributed by atoms with Gasteiger partial charge in [0, 0.05) is 22.0 Å². The molecule has 0 aliphatic carbocycles. The highest BCUT2D eigenvalue weighted by Crippen LogP contribution is 2.27. The topological polar surface area (TPSA) is 25.2 Å². The zero-order valence-electron chi connectivity index (χ0n) is 10.9. The minimum Gasteiger partial charge on any atom is -0.461 e. The smallest absolute Gasteiger partial charge is 0.146 e. The number of furan rings is 1. The molecular weight excluding hydrogens is 321 g/mol. The molecule has 0 aliphatic heterocycles. The monoisotopic (exact) mass is 333 g/mol. The van der Waals surface area contributed by atoms with Gasteiger partial charge in [0.1, 0.15) is 17.2 Å². The lowest BCUT2D eigenvalue weighted by molar-refractivity contribution is 0.572. The summed E-state index contributed by atoms with van der Waals surface area (Å²) in [4.78, 5) is 0. The van der Waals surface area contributed by atoms with Gasteiger partial charge in [-0.15, -0.1) is 0 Å². The molecule has 4 heteroatoms. The van der Waals surface area contributed by atoms with Crippen LogP contribution in [0.2, 0.25) is 0 Å². The molecule has 0 unspecified atom stereocenters. The molecule has 1 heterocycles. The van der Waals surface area contributed by atoms with Gasteiger partial charge in [0.25, 0.3) is 0 Å². The van der Waals surface area contributed by atoms with Crippen molar-refractivity contribution in [3.63, 3.8) is 0 Å². The zero-order chi connectivity index (χ0) is 14.1. The molecule has 0 saturated heterocycles. The zero-order valence-corrected chi connectivity index (χ0v) is 12.5. The lowest BCUT2D eigenvalue weighted by atomic mass is 10.1. The number of benzene rings is 2. The number of aryl methyl sites for hydroxylation is 1. The summed E-state index contributed by atoms with van der Waals surface area (Å²) in [6.45, 7) is 2.45. The SMILES string of the molecule is Cc1oc2ccccc2c1CNc1cc(Br)ccc1F. The third kappa shape index (κ3) is 2.43. The van der Waals surface area contributed by atoms with Crippen LogP contribution in [0.15, 0.2) is 51.4 Å². The van der Waals surface area contributed by atoms with E-state index in [1.807, 2.05) is 31.2 Å². The van der Waals surface area contributed by atoms with Gasteiger partial charge in [0.15, 0.2) is 0 Å². The normalized spacial score (nSPS) is 10.9. The summed E-state index contributed by atoms with van der Waals surface area (Å²) in [5, 5.41) is 4.19. The second kappa shape index (κ2) is 5.29. The largest absolute Gasteiger partial charge is 0.461 e. The van der Waals surface area contributed by atoms with Crippen molar-refractivity contribution < 1.29 is 8.81 Å². The van der Waals surface area contributed by atoms with E-state index in [0.717, 1.165) is 26.8 Å². The van der Waals surface area contributed by atoms with Gasteiger partial charge in [-0.05, 0) is 31.2 Å². The fourth-order valence-corrected chi connectivity index (χ4v) is 2.62. The predicted molar refractivity (Wildman–Crippen MR) is 82.4 cm³/mol. The maximum atomic E-state index is 13.7. The number of rotatable bonds is 3. The molecule has 2 aromatic carbocycles. The predicted octanol–water partition coefficient (Wildman–Crippen LogP) is 5.25. The van der Waals surface area contributed by atoms with Crippen molar-refractivity contribution in [3.8, 4) is 0 Å². The maximum Gasteiger partial charge on any atom is 0.146 e. The van der Waals surface area contributed by atoms with Crippen molar-refractivity contribution in [2.75, 3.05) is 5.32 Å². The Hall–Kier alpha value is -1.81. The van der Waals surface area contributed by atoms with E-state index in [4.69, 9.17) is 4.42 Å². The van der Waals surface area contributed by atoms with Gasteiger partial charge in [-0.25, -0.2) is 4.39 Å². The highest BCUT2D eigenvalue weighted by atomic mass is 79.9. The summed E-state index contributed by atoms with van der Waals surface area (Å²) in [5.41, 5.74) is 2.39. The lowest BCUT2D eigenvalue weighted by Gasteiger charge is -2.08. The summed E-state index contributed by atoms with van der Waals surface area (Å²) in [6.07, 6.45) is 0. The molecule has 0 radical (unpaired) electrons.